The molecule has 0 aromatic carbocycles. The predicted molar refractivity (Wildman–Crippen MR) is 94.1 cm³/mol. The molecule has 2 aliphatic rings. The van der Waals surface area contributed by atoms with Gasteiger partial charge in [0.05, 0.1) is 0 Å². The van der Waals surface area contributed by atoms with Crippen LogP contribution in [0.2, 0.25) is 0 Å². The van der Waals surface area contributed by atoms with Crippen molar-refractivity contribution in [1.29, 1.82) is 0 Å². The summed E-state index contributed by atoms with van der Waals surface area (Å²) in [5.41, 5.74) is 3.64. The third-order valence-electron chi connectivity index (χ3n) is 5.78. The lowest BCUT2D eigenvalue weighted by molar-refractivity contribution is 0.318. The summed E-state index contributed by atoms with van der Waals surface area (Å²) in [5, 5.41) is 4.26. The molecule has 0 radical (unpaired) electrons. The summed E-state index contributed by atoms with van der Waals surface area (Å²) in [4.78, 5) is 13.9. The van der Waals surface area contributed by atoms with Crippen molar-refractivity contribution in [1.82, 2.24) is 24.6 Å². The molecule has 2 saturated heterocycles. The van der Waals surface area contributed by atoms with Crippen molar-refractivity contribution in [3.05, 3.63) is 35.5 Å². The summed E-state index contributed by atoms with van der Waals surface area (Å²) < 4.78 is 1.98. The van der Waals surface area contributed by atoms with Crippen molar-refractivity contribution >= 4 is 5.82 Å². The van der Waals surface area contributed by atoms with E-state index < -0.39 is 0 Å². The minimum absolute atomic E-state index is 0.770. The number of aryl methyl sites for hydroxylation is 2. The van der Waals surface area contributed by atoms with Gasteiger partial charge < -0.3 is 9.80 Å². The van der Waals surface area contributed by atoms with E-state index in [1.54, 1.807) is 6.33 Å². The fraction of sp³-hybridized carbons (Fsp3) is 0.611. The van der Waals surface area contributed by atoms with Gasteiger partial charge in [0.1, 0.15) is 12.1 Å². The lowest BCUT2D eigenvalue weighted by atomic mass is 10.0. The number of rotatable bonds is 4. The topological polar surface area (TPSA) is 50.1 Å². The molecule has 0 aliphatic carbocycles. The SMILES string of the molecule is Cc1ncnc(N2CC3CN(CCc4ccnn4C)CC3C2)c1C. The van der Waals surface area contributed by atoms with E-state index in [1.807, 2.05) is 17.9 Å². The van der Waals surface area contributed by atoms with E-state index in [4.69, 9.17) is 0 Å². The molecule has 128 valence electrons. The number of nitrogens with zero attached hydrogens (tertiary/aromatic N) is 6. The van der Waals surface area contributed by atoms with Crippen molar-refractivity contribution in [2.45, 2.75) is 20.3 Å². The highest BCUT2D eigenvalue weighted by Gasteiger charge is 2.40. The van der Waals surface area contributed by atoms with Crippen LogP contribution in [0.1, 0.15) is 17.0 Å². The van der Waals surface area contributed by atoms with Crippen LogP contribution in [0.25, 0.3) is 0 Å². The number of hydrogen-bond acceptors (Lipinski definition) is 5. The van der Waals surface area contributed by atoms with E-state index in [9.17, 15) is 0 Å². The molecule has 6 heteroatoms. The molecule has 2 aromatic heterocycles. The van der Waals surface area contributed by atoms with E-state index in [0.717, 1.165) is 49.4 Å². The van der Waals surface area contributed by atoms with Gasteiger partial charge in [0.15, 0.2) is 0 Å². The monoisotopic (exact) mass is 326 g/mol. The molecule has 4 rings (SSSR count). The zero-order valence-electron chi connectivity index (χ0n) is 14.8. The first-order chi connectivity index (χ1) is 11.6. The van der Waals surface area contributed by atoms with Gasteiger partial charge in [-0.3, -0.25) is 4.68 Å². The molecule has 2 unspecified atom stereocenters. The first kappa shape index (κ1) is 15.6. The fourth-order valence-corrected chi connectivity index (χ4v) is 4.21. The van der Waals surface area contributed by atoms with Gasteiger partial charge >= 0.3 is 0 Å². The standard InChI is InChI=1S/C18H26N6/c1-13-14(2)19-12-20-18(13)24-10-15-8-23(9-16(15)11-24)7-5-17-4-6-21-22(17)3/h4,6,12,15-16H,5,7-11H2,1-3H3. The molecule has 2 fully saturated rings. The predicted octanol–water partition coefficient (Wildman–Crippen LogP) is 1.44. The van der Waals surface area contributed by atoms with Gasteiger partial charge in [0, 0.05) is 69.3 Å². The quantitative estimate of drug-likeness (QED) is 0.851. The van der Waals surface area contributed by atoms with Crippen LogP contribution in [0.3, 0.4) is 0 Å². The van der Waals surface area contributed by atoms with E-state index in [0.29, 0.717) is 0 Å². The molecular formula is C18H26N6. The summed E-state index contributed by atoms with van der Waals surface area (Å²) >= 11 is 0. The van der Waals surface area contributed by atoms with Crippen LogP contribution in [-0.4, -0.2) is 57.4 Å². The number of aromatic nitrogens is 4. The first-order valence-electron chi connectivity index (χ1n) is 8.84. The Morgan fingerprint density at radius 2 is 1.83 bits per heavy atom. The van der Waals surface area contributed by atoms with Crippen LogP contribution >= 0.6 is 0 Å². The van der Waals surface area contributed by atoms with E-state index >= 15 is 0 Å². The van der Waals surface area contributed by atoms with Crippen LogP contribution in [-0.2, 0) is 13.5 Å². The van der Waals surface area contributed by atoms with Crippen LogP contribution in [0.4, 0.5) is 5.82 Å². The van der Waals surface area contributed by atoms with E-state index in [-0.39, 0.29) is 0 Å². The maximum atomic E-state index is 4.54. The van der Waals surface area contributed by atoms with E-state index in [1.165, 1.54) is 24.3 Å². The van der Waals surface area contributed by atoms with Gasteiger partial charge in [-0.25, -0.2) is 9.97 Å². The molecule has 24 heavy (non-hydrogen) atoms. The zero-order valence-corrected chi connectivity index (χ0v) is 14.8. The van der Waals surface area contributed by atoms with Crippen molar-refractivity contribution in [2.75, 3.05) is 37.6 Å². The van der Waals surface area contributed by atoms with Gasteiger partial charge in [-0.05, 0) is 31.7 Å². The van der Waals surface area contributed by atoms with Crippen molar-refractivity contribution in [3.8, 4) is 0 Å². The minimum Gasteiger partial charge on any atom is -0.356 e. The highest BCUT2D eigenvalue weighted by atomic mass is 15.3. The highest BCUT2D eigenvalue weighted by Crippen LogP contribution is 2.34. The second kappa shape index (κ2) is 6.16. The normalized spacial score (nSPS) is 23.9. The summed E-state index contributed by atoms with van der Waals surface area (Å²) in [5.74, 6) is 2.68. The Labute approximate surface area is 143 Å². The van der Waals surface area contributed by atoms with Gasteiger partial charge in [-0.15, -0.1) is 0 Å². The highest BCUT2D eigenvalue weighted by molar-refractivity contribution is 5.48. The minimum atomic E-state index is 0.770. The molecule has 0 saturated carbocycles. The largest absolute Gasteiger partial charge is 0.356 e. The second-order valence-corrected chi connectivity index (χ2v) is 7.29. The van der Waals surface area contributed by atoms with E-state index in [2.05, 4.69) is 44.8 Å². The molecular weight excluding hydrogens is 300 g/mol. The Balaban J connectivity index is 1.35. The summed E-state index contributed by atoms with van der Waals surface area (Å²) in [6.07, 6.45) is 4.67. The molecule has 4 heterocycles. The van der Waals surface area contributed by atoms with Crippen molar-refractivity contribution in [3.63, 3.8) is 0 Å². The number of hydrogen-bond donors (Lipinski definition) is 0. The lowest BCUT2D eigenvalue weighted by Gasteiger charge is -2.23. The summed E-state index contributed by atoms with van der Waals surface area (Å²) in [7, 11) is 2.03. The number of fused-ring (bicyclic) bond motifs is 1. The average Bonchev–Trinajstić information content (AvgIpc) is 3.22. The summed E-state index contributed by atoms with van der Waals surface area (Å²) in [6.45, 7) is 10.0. The van der Waals surface area contributed by atoms with Gasteiger partial charge in [0.2, 0.25) is 0 Å². The molecule has 6 nitrogen and oxygen atoms in total. The Morgan fingerprint density at radius 1 is 1.08 bits per heavy atom. The third kappa shape index (κ3) is 2.79. The van der Waals surface area contributed by atoms with Crippen LogP contribution < -0.4 is 4.90 Å². The molecule has 0 spiro atoms. The molecule has 2 atom stereocenters. The molecule has 2 aliphatic heterocycles. The van der Waals surface area contributed by atoms with Gasteiger partial charge in [-0.2, -0.15) is 5.10 Å². The average molecular weight is 326 g/mol. The second-order valence-electron chi connectivity index (χ2n) is 7.29. The Morgan fingerprint density at radius 3 is 2.50 bits per heavy atom. The van der Waals surface area contributed by atoms with Gasteiger partial charge in [-0.1, -0.05) is 0 Å². The summed E-state index contributed by atoms with van der Waals surface area (Å²) in [6, 6.07) is 2.12. The first-order valence-corrected chi connectivity index (χ1v) is 8.84. The molecule has 0 bridgehead atoms. The Hall–Kier alpha value is -1.95. The Bertz CT molecular complexity index is 710. The zero-order chi connectivity index (χ0) is 16.7. The van der Waals surface area contributed by atoms with Crippen molar-refractivity contribution in [2.24, 2.45) is 18.9 Å². The molecule has 0 N–H and O–H groups in total. The molecule has 2 aromatic rings. The van der Waals surface area contributed by atoms with Crippen LogP contribution in [0, 0.1) is 25.7 Å². The number of likely N-dealkylation sites (tertiary alicyclic amines) is 1. The lowest BCUT2D eigenvalue weighted by Crippen LogP contribution is -2.31. The maximum absolute atomic E-state index is 4.54. The Kier molecular flexibility index (Phi) is 4.00. The molecule has 0 amide bonds. The fourth-order valence-electron chi connectivity index (χ4n) is 4.21. The smallest absolute Gasteiger partial charge is 0.135 e. The van der Waals surface area contributed by atoms with Crippen LogP contribution in [0.5, 0.6) is 0 Å². The van der Waals surface area contributed by atoms with Crippen LogP contribution in [0.15, 0.2) is 18.6 Å². The van der Waals surface area contributed by atoms with Crippen molar-refractivity contribution < 1.29 is 0 Å². The van der Waals surface area contributed by atoms with Gasteiger partial charge in [0.25, 0.3) is 0 Å². The third-order valence-corrected chi connectivity index (χ3v) is 5.78. The maximum Gasteiger partial charge on any atom is 0.135 e. The number of anilines is 1.